The molecule has 11 nitrogen and oxygen atoms in total. The predicted molar refractivity (Wildman–Crippen MR) is 102 cm³/mol. The standard InChI is InChI=1S/C14H14N6O5S3/c1-20-7-11(6-12(20)13(15)21)28(24,25)18-9-2-4-10(5-3-9)27(22,23)19-14-17-16-8-26-14/h2-8,18H,1H3,(H2,15,21)(H,17,19). The Morgan fingerprint density at radius 3 is 2.25 bits per heavy atom. The Labute approximate surface area is 164 Å². The van der Waals surface area contributed by atoms with Gasteiger partial charge < -0.3 is 10.3 Å². The van der Waals surface area contributed by atoms with Gasteiger partial charge in [-0.3, -0.25) is 14.2 Å². The normalized spacial score (nSPS) is 11.9. The van der Waals surface area contributed by atoms with Gasteiger partial charge in [0.05, 0.1) is 4.90 Å². The van der Waals surface area contributed by atoms with Gasteiger partial charge in [0.15, 0.2) is 0 Å². The Kier molecular flexibility index (Phi) is 5.10. The second-order valence-corrected chi connectivity index (χ2v) is 9.71. The first-order chi connectivity index (χ1) is 13.1. The number of carbonyl (C=O) groups is 1. The Morgan fingerprint density at radius 2 is 1.71 bits per heavy atom. The van der Waals surface area contributed by atoms with Gasteiger partial charge in [0.2, 0.25) is 5.13 Å². The molecule has 3 aromatic rings. The minimum absolute atomic E-state index is 0.0320. The number of sulfonamides is 2. The van der Waals surface area contributed by atoms with Crippen LogP contribution in [0.4, 0.5) is 10.8 Å². The number of benzene rings is 1. The van der Waals surface area contributed by atoms with Crippen LogP contribution >= 0.6 is 11.3 Å². The van der Waals surface area contributed by atoms with Crippen LogP contribution in [-0.4, -0.2) is 37.5 Å². The zero-order valence-electron chi connectivity index (χ0n) is 14.2. The van der Waals surface area contributed by atoms with Gasteiger partial charge in [0.1, 0.15) is 16.1 Å². The number of nitrogens with one attached hydrogen (secondary N) is 2. The van der Waals surface area contributed by atoms with E-state index >= 15 is 0 Å². The monoisotopic (exact) mass is 442 g/mol. The summed E-state index contributed by atoms with van der Waals surface area (Å²) >= 11 is 1.02. The number of rotatable bonds is 7. The van der Waals surface area contributed by atoms with Gasteiger partial charge >= 0.3 is 0 Å². The summed E-state index contributed by atoms with van der Waals surface area (Å²) in [5.41, 5.74) is 6.73. The fourth-order valence-corrected chi connectivity index (χ4v) is 5.05. The molecule has 0 unspecified atom stereocenters. The van der Waals surface area contributed by atoms with Gasteiger partial charge in [0.25, 0.3) is 26.0 Å². The van der Waals surface area contributed by atoms with Gasteiger partial charge in [-0.2, -0.15) is 0 Å². The number of anilines is 2. The summed E-state index contributed by atoms with van der Waals surface area (Å²) in [5.74, 6) is -0.763. The molecule has 0 fully saturated rings. The minimum Gasteiger partial charge on any atom is -0.364 e. The molecule has 148 valence electrons. The first kappa shape index (κ1) is 19.8. The van der Waals surface area contributed by atoms with Gasteiger partial charge in [-0.1, -0.05) is 11.3 Å². The highest BCUT2D eigenvalue weighted by molar-refractivity contribution is 7.93. The number of hydrogen-bond donors (Lipinski definition) is 3. The molecule has 0 aliphatic heterocycles. The third-order valence-electron chi connectivity index (χ3n) is 3.54. The molecule has 0 spiro atoms. The number of nitrogens with two attached hydrogens (primary N) is 1. The summed E-state index contributed by atoms with van der Waals surface area (Å²) in [6.07, 6.45) is 1.24. The Balaban J connectivity index is 1.80. The lowest BCUT2D eigenvalue weighted by Gasteiger charge is -2.08. The lowest BCUT2D eigenvalue weighted by atomic mass is 10.3. The molecular weight excluding hydrogens is 428 g/mol. The first-order valence-electron chi connectivity index (χ1n) is 7.46. The van der Waals surface area contributed by atoms with E-state index in [4.69, 9.17) is 5.73 Å². The van der Waals surface area contributed by atoms with Gasteiger partial charge in [-0.05, 0) is 30.3 Å². The Morgan fingerprint density at radius 1 is 1.07 bits per heavy atom. The molecule has 0 saturated heterocycles. The quantitative estimate of drug-likeness (QED) is 0.481. The highest BCUT2D eigenvalue weighted by atomic mass is 32.2. The van der Waals surface area contributed by atoms with E-state index in [1.807, 2.05) is 0 Å². The number of aryl methyl sites for hydroxylation is 1. The van der Waals surface area contributed by atoms with Crippen LogP contribution in [0.1, 0.15) is 10.5 Å². The molecule has 1 amide bonds. The highest BCUT2D eigenvalue weighted by Gasteiger charge is 2.20. The minimum atomic E-state index is -4.00. The SMILES string of the molecule is Cn1cc(S(=O)(=O)Nc2ccc(S(=O)(=O)Nc3nncs3)cc2)cc1C(N)=O. The van der Waals surface area contributed by atoms with Crippen LogP contribution in [-0.2, 0) is 27.1 Å². The molecule has 4 N–H and O–H groups in total. The van der Waals surface area contributed by atoms with E-state index in [0.717, 1.165) is 17.4 Å². The third kappa shape index (κ3) is 4.13. The van der Waals surface area contributed by atoms with Crippen LogP contribution in [0, 0.1) is 0 Å². The molecule has 14 heteroatoms. The Hall–Kier alpha value is -2.97. The van der Waals surface area contributed by atoms with E-state index in [1.165, 1.54) is 47.6 Å². The van der Waals surface area contributed by atoms with Crippen molar-refractivity contribution < 1.29 is 21.6 Å². The smallest absolute Gasteiger partial charge is 0.265 e. The van der Waals surface area contributed by atoms with Crippen molar-refractivity contribution in [3.05, 3.63) is 47.7 Å². The van der Waals surface area contributed by atoms with Gasteiger partial charge in [0, 0.05) is 18.9 Å². The number of amides is 1. The molecule has 0 saturated carbocycles. The molecular formula is C14H14N6O5S3. The molecule has 2 heterocycles. The molecule has 0 aliphatic carbocycles. The largest absolute Gasteiger partial charge is 0.364 e. The number of hydrogen-bond acceptors (Lipinski definition) is 8. The van der Waals surface area contributed by atoms with E-state index in [-0.39, 0.29) is 26.3 Å². The zero-order valence-corrected chi connectivity index (χ0v) is 16.7. The fourth-order valence-electron chi connectivity index (χ4n) is 2.23. The van der Waals surface area contributed by atoms with Crippen LogP contribution in [0.25, 0.3) is 0 Å². The molecule has 0 atom stereocenters. The fraction of sp³-hybridized carbons (Fsp3) is 0.0714. The van der Waals surface area contributed by atoms with Crippen molar-refractivity contribution in [2.75, 3.05) is 9.44 Å². The first-order valence-corrected chi connectivity index (χ1v) is 11.3. The van der Waals surface area contributed by atoms with E-state index < -0.39 is 26.0 Å². The predicted octanol–water partition coefficient (Wildman–Crippen LogP) is 0.577. The van der Waals surface area contributed by atoms with Crippen LogP contribution in [0.5, 0.6) is 0 Å². The third-order valence-corrected chi connectivity index (χ3v) is 6.98. The van der Waals surface area contributed by atoms with Crippen molar-refractivity contribution in [2.45, 2.75) is 9.79 Å². The highest BCUT2D eigenvalue weighted by Crippen LogP contribution is 2.21. The second-order valence-electron chi connectivity index (χ2n) is 5.52. The van der Waals surface area contributed by atoms with Crippen LogP contribution in [0.15, 0.2) is 51.8 Å². The average molecular weight is 443 g/mol. The lowest BCUT2D eigenvalue weighted by molar-refractivity contribution is 0.0992. The summed E-state index contributed by atoms with van der Waals surface area (Å²) in [6.45, 7) is 0. The summed E-state index contributed by atoms with van der Waals surface area (Å²) in [6, 6.07) is 6.21. The maximum Gasteiger partial charge on any atom is 0.265 e. The lowest BCUT2D eigenvalue weighted by Crippen LogP contribution is -2.15. The molecule has 1 aromatic carbocycles. The van der Waals surface area contributed by atoms with Crippen molar-refractivity contribution in [1.29, 1.82) is 0 Å². The average Bonchev–Trinajstić information content (AvgIpc) is 3.24. The Bertz CT molecular complexity index is 1220. The van der Waals surface area contributed by atoms with Gasteiger partial charge in [-0.25, -0.2) is 16.8 Å². The summed E-state index contributed by atoms with van der Waals surface area (Å²) in [5, 5.41) is 7.25. The van der Waals surface area contributed by atoms with Crippen molar-refractivity contribution in [3.63, 3.8) is 0 Å². The molecule has 3 rings (SSSR count). The van der Waals surface area contributed by atoms with Crippen LogP contribution in [0.3, 0.4) is 0 Å². The summed E-state index contributed by atoms with van der Waals surface area (Å²) in [7, 11) is -6.39. The van der Waals surface area contributed by atoms with E-state index in [2.05, 4.69) is 19.6 Å². The maximum atomic E-state index is 12.5. The zero-order chi connectivity index (χ0) is 20.5. The molecule has 28 heavy (non-hydrogen) atoms. The number of primary amides is 1. The topological polar surface area (TPSA) is 166 Å². The molecule has 0 bridgehead atoms. The van der Waals surface area contributed by atoms with E-state index in [9.17, 15) is 21.6 Å². The number of carbonyl (C=O) groups excluding carboxylic acids is 1. The second kappa shape index (κ2) is 7.21. The summed E-state index contributed by atoms with van der Waals surface area (Å²) in [4.78, 5) is 11.0. The molecule has 0 radical (unpaired) electrons. The van der Waals surface area contributed by atoms with Crippen LogP contribution in [0.2, 0.25) is 0 Å². The van der Waals surface area contributed by atoms with Crippen molar-refractivity contribution in [3.8, 4) is 0 Å². The van der Waals surface area contributed by atoms with E-state index in [1.54, 1.807) is 0 Å². The van der Waals surface area contributed by atoms with E-state index in [0.29, 0.717) is 0 Å². The number of aromatic nitrogens is 3. The molecule has 2 aromatic heterocycles. The maximum absolute atomic E-state index is 12.5. The molecule has 0 aliphatic rings. The number of nitrogens with zero attached hydrogens (tertiary/aromatic N) is 3. The van der Waals surface area contributed by atoms with Crippen molar-refractivity contribution in [2.24, 2.45) is 12.8 Å². The summed E-state index contributed by atoms with van der Waals surface area (Å²) < 4.78 is 55.3. The van der Waals surface area contributed by atoms with Crippen LogP contribution < -0.4 is 15.2 Å². The van der Waals surface area contributed by atoms with Crippen molar-refractivity contribution >= 4 is 48.1 Å². The van der Waals surface area contributed by atoms with Gasteiger partial charge in [-0.15, -0.1) is 10.2 Å². The van der Waals surface area contributed by atoms with Crippen molar-refractivity contribution in [1.82, 2.24) is 14.8 Å².